The van der Waals surface area contributed by atoms with Crippen LogP contribution in [0.1, 0.15) is 16.6 Å². The van der Waals surface area contributed by atoms with Gasteiger partial charge in [-0.05, 0) is 0 Å². The van der Waals surface area contributed by atoms with E-state index in [0.29, 0.717) is 17.0 Å². The second-order valence-corrected chi connectivity index (χ2v) is 8.36. The van der Waals surface area contributed by atoms with Gasteiger partial charge in [0.15, 0.2) is 17.7 Å². The lowest BCUT2D eigenvalue weighted by Crippen LogP contribution is -2.38. The monoisotopic (exact) mass is 479 g/mol. The van der Waals surface area contributed by atoms with Gasteiger partial charge in [0.2, 0.25) is 0 Å². The molecule has 1 aliphatic rings. The fourth-order valence-corrected chi connectivity index (χ4v) is 4.04. The molecule has 4 atom stereocenters. The maximum Gasteiger partial charge on any atom is 0.362 e. The van der Waals surface area contributed by atoms with Crippen LogP contribution in [-0.4, -0.2) is 76.0 Å². The average Bonchev–Trinajstić information content (AvgIpc) is 3.33. The van der Waals surface area contributed by atoms with Crippen molar-refractivity contribution in [2.75, 3.05) is 19.0 Å². The van der Waals surface area contributed by atoms with E-state index >= 15 is 0 Å². The standard InChI is InChI=1S/C18H20N6O8S/c1-19-15-12-16(21-7-20-15)24(8-22-12)18-14(27)13(26)11(32-18)6-31-33(29,30)23-17(28)9-4-2-3-5-10(9)25/h2-5,7-8,11,13-14,18,25-27H,6H2,1H3,(H,23,28)(H,19,20,21)/p-1/t11-,13-,14-,18-/m1/s1. The summed E-state index contributed by atoms with van der Waals surface area (Å²) in [6, 6.07) is 5.07. The normalized spacial score (nSPS) is 23.0. The highest BCUT2D eigenvalue weighted by Crippen LogP contribution is 2.32. The number of carbonyl (C=O) groups excluding carboxylic acids is 1. The summed E-state index contributed by atoms with van der Waals surface area (Å²) in [6.07, 6.45) is -2.80. The van der Waals surface area contributed by atoms with E-state index in [-0.39, 0.29) is 5.56 Å². The van der Waals surface area contributed by atoms with Crippen LogP contribution in [0.3, 0.4) is 0 Å². The SMILES string of the molecule is CNc1ncnc2c1ncn2[C@@H]1O[C@H](COS(=O)(=O)NC(=O)c2ccccc2[O-])[C@@H](O)[C@H]1O. The van der Waals surface area contributed by atoms with E-state index in [0.717, 1.165) is 12.1 Å². The summed E-state index contributed by atoms with van der Waals surface area (Å²) in [5, 5.41) is 35.3. The molecule has 3 heterocycles. The summed E-state index contributed by atoms with van der Waals surface area (Å²) in [5.41, 5.74) is 0.324. The third-order valence-corrected chi connectivity index (χ3v) is 5.83. The highest BCUT2D eigenvalue weighted by atomic mass is 32.2. The Morgan fingerprint density at radius 1 is 1.24 bits per heavy atom. The van der Waals surface area contributed by atoms with Crippen LogP contribution in [0.2, 0.25) is 0 Å². The zero-order chi connectivity index (χ0) is 23.8. The lowest BCUT2D eigenvalue weighted by molar-refractivity contribution is -0.268. The predicted octanol–water partition coefficient (Wildman–Crippen LogP) is -1.75. The Labute approximate surface area is 187 Å². The van der Waals surface area contributed by atoms with Crippen LogP contribution in [0.4, 0.5) is 5.82 Å². The second-order valence-electron chi connectivity index (χ2n) is 7.01. The predicted molar refractivity (Wildman–Crippen MR) is 109 cm³/mol. The number of imidazole rings is 1. The van der Waals surface area contributed by atoms with Crippen LogP contribution in [0.15, 0.2) is 36.9 Å². The van der Waals surface area contributed by atoms with Crippen LogP contribution in [0, 0.1) is 0 Å². The number of fused-ring (bicyclic) bond motifs is 1. The molecule has 1 amide bonds. The summed E-state index contributed by atoms with van der Waals surface area (Å²) >= 11 is 0. The molecular formula is C18H19N6O8S-. The van der Waals surface area contributed by atoms with E-state index < -0.39 is 53.1 Å². The van der Waals surface area contributed by atoms with Gasteiger partial charge in [-0.15, -0.1) is 0 Å². The largest absolute Gasteiger partial charge is 0.872 e. The van der Waals surface area contributed by atoms with Crippen molar-refractivity contribution in [3.8, 4) is 5.75 Å². The smallest absolute Gasteiger partial charge is 0.362 e. The Kier molecular flexibility index (Phi) is 6.13. The van der Waals surface area contributed by atoms with Crippen molar-refractivity contribution in [3.05, 3.63) is 42.5 Å². The quantitative estimate of drug-likeness (QED) is 0.298. The fourth-order valence-electron chi connectivity index (χ4n) is 3.33. The van der Waals surface area contributed by atoms with Gasteiger partial charge in [0, 0.05) is 12.6 Å². The van der Waals surface area contributed by atoms with Gasteiger partial charge in [0.1, 0.15) is 30.2 Å². The van der Waals surface area contributed by atoms with Crippen molar-refractivity contribution in [2.45, 2.75) is 24.5 Å². The van der Waals surface area contributed by atoms with Gasteiger partial charge < -0.3 is 25.4 Å². The molecule has 4 N–H and O–H groups in total. The minimum Gasteiger partial charge on any atom is -0.872 e. The Hall–Kier alpha value is -3.37. The lowest BCUT2D eigenvalue weighted by atomic mass is 10.1. The molecule has 1 aromatic carbocycles. The Balaban J connectivity index is 1.45. The molecule has 15 heteroatoms. The second kappa shape index (κ2) is 8.87. The number of aliphatic hydroxyl groups excluding tert-OH is 2. The zero-order valence-electron chi connectivity index (χ0n) is 17.0. The zero-order valence-corrected chi connectivity index (χ0v) is 17.8. The van der Waals surface area contributed by atoms with E-state index in [9.17, 15) is 28.5 Å². The number of anilines is 1. The van der Waals surface area contributed by atoms with Crippen LogP contribution >= 0.6 is 0 Å². The molecule has 1 fully saturated rings. The molecule has 176 valence electrons. The van der Waals surface area contributed by atoms with Gasteiger partial charge >= 0.3 is 10.3 Å². The number of rotatable bonds is 7. The molecular weight excluding hydrogens is 460 g/mol. The first-order valence-electron chi connectivity index (χ1n) is 9.56. The Bertz CT molecular complexity index is 1280. The fraction of sp³-hybridized carbons (Fsp3) is 0.333. The van der Waals surface area contributed by atoms with Gasteiger partial charge in [-0.3, -0.25) is 13.5 Å². The van der Waals surface area contributed by atoms with Crippen LogP contribution < -0.4 is 15.1 Å². The van der Waals surface area contributed by atoms with Gasteiger partial charge in [-0.2, -0.15) is 8.42 Å². The third-order valence-electron chi connectivity index (χ3n) is 4.94. The van der Waals surface area contributed by atoms with Crippen molar-refractivity contribution in [2.24, 2.45) is 0 Å². The molecule has 0 saturated carbocycles. The maximum atomic E-state index is 12.1. The molecule has 0 spiro atoms. The average molecular weight is 479 g/mol. The number of hydrogen-bond donors (Lipinski definition) is 4. The molecule has 33 heavy (non-hydrogen) atoms. The first-order valence-corrected chi connectivity index (χ1v) is 11.0. The molecule has 4 rings (SSSR count). The highest BCUT2D eigenvalue weighted by molar-refractivity contribution is 7.85. The third kappa shape index (κ3) is 4.44. The van der Waals surface area contributed by atoms with E-state index in [1.807, 2.05) is 0 Å². The minimum absolute atomic E-state index is 0.309. The number of hydrogen-bond acceptors (Lipinski definition) is 12. The molecule has 0 aliphatic carbocycles. The molecule has 0 bridgehead atoms. The molecule has 0 radical (unpaired) electrons. The number of aliphatic hydroxyl groups is 2. The van der Waals surface area contributed by atoms with E-state index in [4.69, 9.17) is 8.92 Å². The molecule has 0 unspecified atom stereocenters. The first kappa shape index (κ1) is 22.8. The van der Waals surface area contributed by atoms with Crippen molar-refractivity contribution in [1.82, 2.24) is 24.2 Å². The summed E-state index contributed by atoms with van der Waals surface area (Å²) in [7, 11) is -3.00. The molecule has 1 aliphatic heterocycles. The van der Waals surface area contributed by atoms with Crippen molar-refractivity contribution >= 4 is 33.2 Å². The Morgan fingerprint density at radius 2 is 2.00 bits per heavy atom. The molecule has 3 aromatic rings. The minimum atomic E-state index is -4.65. The van der Waals surface area contributed by atoms with Crippen LogP contribution in [0.25, 0.3) is 11.2 Å². The van der Waals surface area contributed by atoms with Crippen molar-refractivity contribution < 1.29 is 37.5 Å². The number of benzene rings is 1. The van der Waals surface area contributed by atoms with Gasteiger partial charge in [0.05, 0.1) is 12.9 Å². The number of ether oxygens (including phenoxy) is 1. The Morgan fingerprint density at radius 3 is 2.73 bits per heavy atom. The van der Waals surface area contributed by atoms with Crippen LogP contribution in [0.5, 0.6) is 5.75 Å². The van der Waals surface area contributed by atoms with Crippen LogP contribution in [-0.2, 0) is 19.2 Å². The number of carbonyl (C=O) groups is 1. The number of para-hydroxylation sites is 1. The van der Waals surface area contributed by atoms with Gasteiger partial charge in [-0.25, -0.2) is 19.7 Å². The van der Waals surface area contributed by atoms with E-state index in [1.54, 1.807) is 11.8 Å². The summed E-state index contributed by atoms with van der Waals surface area (Å²) < 4.78 is 37.6. The highest BCUT2D eigenvalue weighted by Gasteiger charge is 2.45. The summed E-state index contributed by atoms with van der Waals surface area (Å²) in [6.45, 7) is -0.722. The maximum absolute atomic E-state index is 12.1. The topological polar surface area (TPSA) is 201 Å². The summed E-state index contributed by atoms with van der Waals surface area (Å²) in [5.74, 6) is -1.40. The number of nitrogens with zero attached hydrogens (tertiary/aromatic N) is 4. The summed E-state index contributed by atoms with van der Waals surface area (Å²) in [4.78, 5) is 24.4. The van der Waals surface area contributed by atoms with E-state index in [2.05, 4.69) is 20.3 Å². The molecule has 1 saturated heterocycles. The number of nitrogens with one attached hydrogen (secondary N) is 2. The van der Waals surface area contributed by atoms with E-state index in [1.165, 1.54) is 29.4 Å². The number of amides is 1. The lowest BCUT2D eigenvalue weighted by Gasteiger charge is -2.16. The van der Waals surface area contributed by atoms with Gasteiger partial charge in [-0.1, -0.05) is 30.0 Å². The van der Waals surface area contributed by atoms with Crippen molar-refractivity contribution in [1.29, 1.82) is 0 Å². The van der Waals surface area contributed by atoms with Gasteiger partial charge in [0.25, 0.3) is 5.91 Å². The first-order chi connectivity index (χ1) is 15.7. The number of aromatic nitrogens is 4. The molecule has 14 nitrogen and oxygen atoms in total. The van der Waals surface area contributed by atoms with Crippen molar-refractivity contribution in [3.63, 3.8) is 0 Å². The molecule has 2 aromatic heterocycles.